The molecule has 108 valence electrons. The molecular formula is C12H12Cl2N2O3S. The summed E-state index contributed by atoms with van der Waals surface area (Å²) >= 11 is 11.8. The fourth-order valence-corrected chi connectivity index (χ4v) is 2.52. The van der Waals surface area contributed by atoms with Gasteiger partial charge < -0.3 is 10.1 Å². The number of ether oxygens (including phenoxy) is 1. The monoisotopic (exact) mass is 334 g/mol. The van der Waals surface area contributed by atoms with Crippen LogP contribution < -0.4 is 5.32 Å². The molecule has 0 saturated carbocycles. The van der Waals surface area contributed by atoms with Gasteiger partial charge in [-0.1, -0.05) is 23.2 Å². The number of esters is 1. The van der Waals surface area contributed by atoms with Gasteiger partial charge in [0.2, 0.25) is 0 Å². The van der Waals surface area contributed by atoms with Crippen molar-refractivity contribution in [2.45, 2.75) is 31.7 Å². The van der Waals surface area contributed by atoms with Gasteiger partial charge in [-0.15, -0.1) is 11.3 Å². The highest BCUT2D eigenvalue weighted by Gasteiger charge is 2.24. The molecule has 1 heterocycles. The number of halogens is 2. The third kappa shape index (κ3) is 3.85. The summed E-state index contributed by atoms with van der Waals surface area (Å²) in [6.07, 6.45) is -0.275. The Morgan fingerprint density at radius 1 is 1.40 bits per heavy atom. The first-order valence-corrected chi connectivity index (χ1v) is 7.30. The van der Waals surface area contributed by atoms with Gasteiger partial charge in [-0.3, -0.25) is 4.79 Å². The highest BCUT2D eigenvalue weighted by atomic mass is 35.5. The van der Waals surface area contributed by atoms with E-state index < -0.39 is 16.7 Å². The van der Waals surface area contributed by atoms with Crippen LogP contribution in [-0.2, 0) is 9.53 Å². The van der Waals surface area contributed by atoms with Crippen molar-refractivity contribution < 1.29 is 14.3 Å². The summed E-state index contributed by atoms with van der Waals surface area (Å²) < 4.78 is 5.08. The number of amides is 1. The number of anilines is 1. The van der Waals surface area contributed by atoms with Gasteiger partial charge >= 0.3 is 5.97 Å². The lowest BCUT2D eigenvalue weighted by Gasteiger charge is -2.06. The number of nitriles is 1. The fourth-order valence-electron chi connectivity index (χ4n) is 1.36. The molecule has 8 heteroatoms. The molecular weight excluding hydrogens is 323 g/mol. The van der Waals surface area contributed by atoms with Gasteiger partial charge in [0.1, 0.15) is 15.9 Å². The number of rotatable bonds is 4. The number of alkyl halides is 2. The molecule has 0 spiro atoms. The van der Waals surface area contributed by atoms with Crippen LogP contribution in [0.3, 0.4) is 0 Å². The summed E-state index contributed by atoms with van der Waals surface area (Å²) in [5.74, 6) is -1.19. The molecule has 1 amide bonds. The van der Waals surface area contributed by atoms with E-state index in [9.17, 15) is 9.59 Å². The Bertz CT molecular complexity index is 576. The molecule has 0 aliphatic carbocycles. The molecule has 1 aromatic rings. The largest absolute Gasteiger partial charge is 0.459 e. The van der Waals surface area contributed by atoms with Crippen molar-refractivity contribution >= 4 is 51.4 Å². The second kappa shape index (κ2) is 6.93. The lowest BCUT2D eigenvalue weighted by molar-refractivity contribution is -0.114. The van der Waals surface area contributed by atoms with Crippen molar-refractivity contribution in [3.05, 3.63) is 16.0 Å². The predicted molar refractivity (Wildman–Crippen MR) is 78.4 cm³/mol. The zero-order valence-electron chi connectivity index (χ0n) is 11.0. The molecule has 5 nitrogen and oxygen atoms in total. The van der Waals surface area contributed by atoms with E-state index >= 15 is 0 Å². The normalized spacial score (nSPS) is 10.5. The Kier molecular flexibility index (Phi) is 5.81. The molecule has 0 aliphatic heterocycles. The van der Waals surface area contributed by atoms with Crippen LogP contribution in [0.4, 0.5) is 5.00 Å². The molecule has 0 saturated heterocycles. The van der Waals surface area contributed by atoms with Crippen molar-refractivity contribution in [1.29, 1.82) is 5.26 Å². The number of thiophene rings is 1. The van der Waals surface area contributed by atoms with E-state index in [1.54, 1.807) is 20.8 Å². The maximum atomic E-state index is 11.9. The predicted octanol–water partition coefficient (Wildman–Crippen LogP) is 3.24. The average molecular weight is 335 g/mol. The van der Waals surface area contributed by atoms with Crippen LogP contribution >= 0.6 is 34.5 Å². The molecule has 1 aromatic heterocycles. The highest BCUT2D eigenvalue weighted by molar-refractivity contribution is 7.18. The molecule has 1 N–H and O–H groups in total. The van der Waals surface area contributed by atoms with Gasteiger partial charge in [-0.25, -0.2) is 4.79 Å². The Hall–Kier alpha value is -1.29. The Balaban J connectivity index is 3.13. The van der Waals surface area contributed by atoms with Gasteiger partial charge in [0.05, 0.1) is 11.7 Å². The molecule has 0 fully saturated rings. The lowest BCUT2D eigenvalue weighted by Crippen LogP contribution is -2.18. The minimum Gasteiger partial charge on any atom is -0.459 e. The zero-order chi connectivity index (χ0) is 15.4. The maximum absolute atomic E-state index is 11.9. The topological polar surface area (TPSA) is 79.2 Å². The Morgan fingerprint density at radius 2 is 2.00 bits per heavy atom. The van der Waals surface area contributed by atoms with E-state index in [1.165, 1.54) is 0 Å². The Labute approximate surface area is 130 Å². The van der Waals surface area contributed by atoms with Crippen molar-refractivity contribution in [2.75, 3.05) is 5.32 Å². The first-order chi connectivity index (χ1) is 9.27. The van der Waals surface area contributed by atoms with Crippen LogP contribution in [-0.4, -0.2) is 22.8 Å². The number of carbonyl (C=O) groups is 2. The summed E-state index contributed by atoms with van der Waals surface area (Å²) in [7, 11) is 0. The average Bonchev–Trinajstić information content (AvgIpc) is 2.64. The molecule has 0 unspecified atom stereocenters. The third-order valence-electron chi connectivity index (χ3n) is 2.22. The summed E-state index contributed by atoms with van der Waals surface area (Å²) in [6, 6.07) is 1.94. The molecule has 20 heavy (non-hydrogen) atoms. The first-order valence-electron chi connectivity index (χ1n) is 5.61. The fraction of sp³-hybridized carbons (Fsp3) is 0.417. The summed E-state index contributed by atoms with van der Waals surface area (Å²) in [5, 5.41) is 11.8. The van der Waals surface area contributed by atoms with Crippen molar-refractivity contribution in [3.63, 3.8) is 0 Å². The van der Waals surface area contributed by atoms with Crippen LogP contribution in [0, 0.1) is 18.3 Å². The number of carbonyl (C=O) groups excluding carboxylic acids is 2. The summed E-state index contributed by atoms with van der Waals surface area (Å²) in [4.78, 5) is 22.4. The SMILES string of the molecule is Cc1c(C(=O)OC(C)C)sc(NC(=O)C(Cl)Cl)c1C#N. The number of hydrogen-bond donors (Lipinski definition) is 1. The van der Waals surface area contributed by atoms with Crippen molar-refractivity contribution in [1.82, 2.24) is 0 Å². The van der Waals surface area contributed by atoms with Crippen LogP contribution in [0.1, 0.15) is 34.6 Å². The molecule has 0 aromatic carbocycles. The standard InChI is InChI=1S/C12H12Cl2N2O3S/c1-5(2)19-12(18)8-6(3)7(4-15)11(20-8)16-10(17)9(13)14/h5,9H,1-3H3,(H,16,17). The number of nitrogens with one attached hydrogen (secondary N) is 1. The smallest absolute Gasteiger partial charge is 0.348 e. The zero-order valence-corrected chi connectivity index (χ0v) is 13.3. The van der Waals surface area contributed by atoms with Gasteiger partial charge in [0, 0.05) is 0 Å². The van der Waals surface area contributed by atoms with E-state index in [0.717, 1.165) is 11.3 Å². The lowest BCUT2D eigenvalue weighted by atomic mass is 10.2. The van der Waals surface area contributed by atoms with E-state index in [4.69, 9.17) is 33.2 Å². The van der Waals surface area contributed by atoms with E-state index in [0.29, 0.717) is 5.56 Å². The van der Waals surface area contributed by atoms with Gasteiger partial charge in [0.25, 0.3) is 5.91 Å². The van der Waals surface area contributed by atoms with E-state index in [1.807, 2.05) is 6.07 Å². The van der Waals surface area contributed by atoms with Crippen molar-refractivity contribution in [2.24, 2.45) is 0 Å². The molecule has 0 aliphatic rings. The minimum absolute atomic E-state index is 0.202. The van der Waals surface area contributed by atoms with Gasteiger partial charge in [-0.2, -0.15) is 5.26 Å². The molecule has 0 bridgehead atoms. The molecule has 1 rings (SSSR count). The first kappa shape index (κ1) is 16.8. The number of nitrogens with zero attached hydrogens (tertiary/aromatic N) is 1. The van der Waals surface area contributed by atoms with Crippen LogP contribution in [0.15, 0.2) is 0 Å². The van der Waals surface area contributed by atoms with Crippen LogP contribution in [0.2, 0.25) is 0 Å². The van der Waals surface area contributed by atoms with E-state index in [2.05, 4.69) is 5.32 Å². The third-order valence-corrected chi connectivity index (χ3v) is 3.81. The Morgan fingerprint density at radius 3 is 2.45 bits per heavy atom. The second-order valence-corrected chi connectivity index (χ2v) is 6.23. The second-order valence-electron chi connectivity index (χ2n) is 4.12. The minimum atomic E-state index is -1.25. The molecule has 0 atom stereocenters. The maximum Gasteiger partial charge on any atom is 0.348 e. The van der Waals surface area contributed by atoms with Crippen LogP contribution in [0.5, 0.6) is 0 Å². The summed E-state index contributed by atoms with van der Waals surface area (Å²) in [6.45, 7) is 5.06. The number of hydrogen-bond acceptors (Lipinski definition) is 5. The van der Waals surface area contributed by atoms with E-state index in [-0.39, 0.29) is 21.5 Å². The highest BCUT2D eigenvalue weighted by Crippen LogP contribution is 2.33. The van der Waals surface area contributed by atoms with Crippen LogP contribution in [0.25, 0.3) is 0 Å². The van der Waals surface area contributed by atoms with Crippen molar-refractivity contribution in [3.8, 4) is 6.07 Å². The quantitative estimate of drug-likeness (QED) is 0.677. The van der Waals surface area contributed by atoms with Gasteiger partial charge in [-0.05, 0) is 26.3 Å². The molecule has 0 radical (unpaired) electrons. The van der Waals surface area contributed by atoms with Gasteiger partial charge in [0.15, 0.2) is 4.84 Å². The summed E-state index contributed by atoms with van der Waals surface area (Å²) in [5.41, 5.74) is 0.659.